The van der Waals surface area contributed by atoms with Crippen LogP contribution in [0.15, 0.2) is 78.9 Å². The third-order valence-electron chi connectivity index (χ3n) is 7.67. The fourth-order valence-corrected chi connectivity index (χ4v) is 5.62. The lowest BCUT2D eigenvalue weighted by atomic mass is 9.78. The van der Waals surface area contributed by atoms with E-state index < -0.39 is 11.9 Å². The number of carboxylic acids is 1. The van der Waals surface area contributed by atoms with Gasteiger partial charge in [0.25, 0.3) is 0 Å². The first-order chi connectivity index (χ1) is 18.5. The fraction of sp³-hybridized carbons (Fsp3) is 0.281. The van der Waals surface area contributed by atoms with Crippen LogP contribution in [0.1, 0.15) is 54.2 Å². The van der Waals surface area contributed by atoms with E-state index in [1.54, 1.807) is 0 Å². The van der Waals surface area contributed by atoms with Crippen LogP contribution in [0.25, 0.3) is 21.9 Å². The summed E-state index contributed by atoms with van der Waals surface area (Å²) in [6, 6.07) is 26.6. The average molecular weight is 506 g/mol. The Labute approximate surface area is 221 Å². The lowest BCUT2D eigenvalue weighted by molar-refractivity contribution is -0.143. The number of imidazole rings is 1. The van der Waals surface area contributed by atoms with Gasteiger partial charge in [-0.05, 0) is 49.6 Å². The monoisotopic (exact) mass is 505 g/mol. The van der Waals surface area contributed by atoms with E-state index >= 15 is 0 Å². The number of pyridine rings is 1. The molecule has 2 aromatic heterocycles. The molecule has 6 heteroatoms. The molecule has 0 spiro atoms. The Balaban J connectivity index is 1.33. The summed E-state index contributed by atoms with van der Waals surface area (Å²) < 4.78 is 8.34. The number of carbonyl (C=O) groups is 1. The molecule has 1 aliphatic rings. The van der Waals surface area contributed by atoms with Gasteiger partial charge in [0, 0.05) is 23.9 Å². The number of aliphatic carboxylic acids is 1. The molecule has 1 saturated carbocycles. The second-order valence-corrected chi connectivity index (χ2v) is 10.3. The highest BCUT2D eigenvalue weighted by molar-refractivity contribution is 5.79. The quantitative estimate of drug-likeness (QED) is 0.261. The molecule has 0 radical (unpaired) electrons. The van der Waals surface area contributed by atoms with Crippen molar-refractivity contribution in [2.75, 3.05) is 0 Å². The molecule has 2 heterocycles. The summed E-state index contributed by atoms with van der Waals surface area (Å²) in [4.78, 5) is 21.9. The van der Waals surface area contributed by atoms with E-state index in [0.29, 0.717) is 19.6 Å². The van der Waals surface area contributed by atoms with Gasteiger partial charge in [-0.25, -0.2) is 9.97 Å². The molecule has 0 saturated heterocycles. The van der Waals surface area contributed by atoms with Crippen molar-refractivity contribution in [3.05, 3.63) is 102 Å². The zero-order valence-electron chi connectivity index (χ0n) is 21.5. The number of carboxylic acid groups (broad SMARTS) is 1. The standard InChI is InChI=1S/C32H31N3O3/c1-21-10-12-22(13-11-21)19-35-30-17-16-25(38-20-24-15-14-23-6-2-5-9-28(23)33-24)18-29(30)34-31(35)26-7-3-4-8-27(26)32(36)37/h2,5-6,9-18,26-27H,3-4,7-8,19-20H2,1H3,(H,36,37)/t26-,27+/m1/s1. The van der Waals surface area contributed by atoms with Crippen molar-refractivity contribution < 1.29 is 14.6 Å². The van der Waals surface area contributed by atoms with Gasteiger partial charge < -0.3 is 14.4 Å². The van der Waals surface area contributed by atoms with E-state index in [2.05, 4.69) is 41.8 Å². The molecule has 38 heavy (non-hydrogen) atoms. The lowest BCUT2D eigenvalue weighted by Crippen LogP contribution is -2.27. The van der Waals surface area contributed by atoms with E-state index in [9.17, 15) is 9.90 Å². The Morgan fingerprint density at radius 1 is 0.947 bits per heavy atom. The second-order valence-electron chi connectivity index (χ2n) is 10.3. The maximum atomic E-state index is 12.2. The molecule has 0 aliphatic heterocycles. The highest BCUT2D eigenvalue weighted by Crippen LogP contribution is 2.39. The minimum absolute atomic E-state index is 0.106. The Hall–Kier alpha value is -4.19. The van der Waals surface area contributed by atoms with Crippen molar-refractivity contribution in [2.24, 2.45) is 5.92 Å². The molecule has 6 rings (SSSR count). The van der Waals surface area contributed by atoms with Gasteiger partial charge >= 0.3 is 5.97 Å². The first kappa shape index (κ1) is 24.2. The molecule has 1 fully saturated rings. The van der Waals surface area contributed by atoms with E-state index in [0.717, 1.165) is 58.5 Å². The zero-order chi connectivity index (χ0) is 26.1. The molecule has 1 aliphatic carbocycles. The van der Waals surface area contributed by atoms with Crippen molar-refractivity contribution in [1.82, 2.24) is 14.5 Å². The van der Waals surface area contributed by atoms with Crippen LogP contribution in [0.5, 0.6) is 5.75 Å². The number of benzene rings is 3. The van der Waals surface area contributed by atoms with Crippen LogP contribution in [-0.4, -0.2) is 25.6 Å². The van der Waals surface area contributed by atoms with Gasteiger partial charge in [-0.3, -0.25) is 4.79 Å². The number of rotatable bonds is 7. The molecule has 0 amide bonds. The summed E-state index contributed by atoms with van der Waals surface area (Å²) in [5.74, 6) is 0.339. The van der Waals surface area contributed by atoms with E-state index in [1.807, 2.05) is 48.5 Å². The second kappa shape index (κ2) is 10.3. The molecule has 0 bridgehead atoms. The third kappa shape index (κ3) is 4.86. The van der Waals surface area contributed by atoms with Gasteiger partial charge in [-0.1, -0.05) is 66.9 Å². The van der Waals surface area contributed by atoms with Gasteiger partial charge in [-0.2, -0.15) is 0 Å². The van der Waals surface area contributed by atoms with Crippen molar-refractivity contribution in [3.8, 4) is 5.75 Å². The first-order valence-electron chi connectivity index (χ1n) is 13.3. The summed E-state index contributed by atoms with van der Waals surface area (Å²) in [5.41, 5.74) is 6.01. The number of para-hydroxylation sites is 1. The number of nitrogens with zero attached hydrogens (tertiary/aromatic N) is 3. The summed E-state index contributed by atoms with van der Waals surface area (Å²) >= 11 is 0. The van der Waals surface area contributed by atoms with Crippen LogP contribution < -0.4 is 4.74 Å². The Bertz CT molecular complexity index is 1610. The molecule has 3 aromatic carbocycles. The van der Waals surface area contributed by atoms with Crippen LogP contribution in [-0.2, 0) is 17.9 Å². The summed E-state index contributed by atoms with van der Waals surface area (Å²) in [5, 5.41) is 11.1. The van der Waals surface area contributed by atoms with Gasteiger partial charge in [0.1, 0.15) is 18.2 Å². The number of fused-ring (bicyclic) bond motifs is 2. The molecule has 0 unspecified atom stereocenters. The highest BCUT2D eigenvalue weighted by atomic mass is 16.5. The first-order valence-corrected chi connectivity index (χ1v) is 13.3. The lowest BCUT2D eigenvalue weighted by Gasteiger charge is -2.28. The van der Waals surface area contributed by atoms with Crippen LogP contribution in [0.3, 0.4) is 0 Å². The molecule has 2 atom stereocenters. The predicted molar refractivity (Wildman–Crippen MR) is 148 cm³/mol. The minimum atomic E-state index is -0.726. The Kier molecular flexibility index (Phi) is 6.54. The van der Waals surface area contributed by atoms with E-state index in [1.165, 1.54) is 11.1 Å². The van der Waals surface area contributed by atoms with Crippen LogP contribution >= 0.6 is 0 Å². The fourth-order valence-electron chi connectivity index (χ4n) is 5.62. The molecular weight excluding hydrogens is 474 g/mol. The normalized spacial score (nSPS) is 17.6. The van der Waals surface area contributed by atoms with Crippen molar-refractivity contribution in [1.29, 1.82) is 0 Å². The largest absolute Gasteiger partial charge is 0.487 e. The minimum Gasteiger partial charge on any atom is -0.487 e. The number of aryl methyl sites for hydroxylation is 1. The Morgan fingerprint density at radius 3 is 2.61 bits per heavy atom. The molecule has 5 aromatic rings. The Morgan fingerprint density at radius 2 is 1.76 bits per heavy atom. The van der Waals surface area contributed by atoms with E-state index in [4.69, 9.17) is 14.7 Å². The SMILES string of the molecule is Cc1ccc(Cn2c([C@@H]3CCCC[C@@H]3C(=O)O)nc3cc(OCc4ccc5ccccc5n4)ccc32)cc1. The smallest absolute Gasteiger partial charge is 0.307 e. The maximum Gasteiger partial charge on any atom is 0.307 e. The average Bonchev–Trinajstić information content (AvgIpc) is 3.30. The molecule has 1 N–H and O–H groups in total. The number of hydrogen-bond donors (Lipinski definition) is 1. The summed E-state index contributed by atoms with van der Waals surface area (Å²) in [7, 11) is 0. The van der Waals surface area contributed by atoms with Crippen LogP contribution in [0.4, 0.5) is 0 Å². The molecule has 192 valence electrons. The van der Waals surface area contributed by atoms with E-state index in [-0.39, 0.29) is 5.92 Å². The van der Waals surface area contributed by atoms with Crippen molar-refractivity contribution in [2.45, 2.75) is 51.7 Å². The summed E-state index contributed by atoms with van der Waals surface area (Å²) in [6.45, 7) is 3.09. The maximum absolute atomic E-state index is 12.2. The van der Waals surface area contributed by atoms with Crippen molar-refractivity contribution in [3.63, 3.8) is 0 Å². The third-order valence-corrected chi connectivity index (χ3v) is 7.67. The number of ether oxygens (including phenoxy) is 1. The number of hydrogen-bond acceptors (Lipinski definition) is 4. The van der Waals surface area contributed by atoms with Gasteiger partial charge in [0.05, 0.1) is 28.2 Å². The van der Waals surface area contributed by atoms with Crippen LogP contribution in [0.2, 0.25) is 0 Å². The number of aromatic nitrogens is 3. The molecular formula is C32H31N3O3. The topological polar surface area (TPSA) is 77.2 Å². The van der Waals surface area contributed by atoms with Gasteiger partial charge in [-0.15, -0.1) is 0 Å². The van der Waals surface area contributed by atoms with Gasteiger partial charge in [0.15, 0.2) is 0 Å². The summed E-state index contributed by atoms with van der Waals surface area (Å²) in [6.07, 6.45) is 3.51. The highest BCUT2D eigenvalue weighted by Gasteiger charge is 2.35. The molecule has 6 nitrogen and oxygen atoms in total. The zero-order valence-corrected chi connectivity index (χ0v) is 21.5. The predicted octanol–water partition coefficient (Wildman–Crippen LogP) is 6.88. The van der Waals surface area contributed by atoms with Crippen molar-refractivity contribution >= 4 is 27.9 Å². The van der Waals surface area contributed by atoms with Crippen LogP contribution in [0, 0.1) is 12.8 Å². The van der Waals surface area contributed by atoms with Gasteiger partial charge in [0.2, 0.25) is 0 Å².